The van der Waals surface area contributed by atoms with E-state index in [-0.39, 0.29) is 29.8 Å². The van der Waals surface area contributed by atoms with Gasteiger partial charge in [0.15, 0.2) is 0 Å². The zero-order valence-corrected chi connectivity index (χ0v) is 29.7. The van der Waals surface area contributed by atoms with E-state index in [1.807, 2.05) is 71.0 Å². The highest BCUT2D eigenvalue weighted by Gasteiger charge is 2.35. The maximum absolute atomic E-state index is 14.7. The van der Waals surface area contributed by atoms with E-state index in [1.54, 1.807) is 54.6 Å². The number of nitrogens with one attached hydrogen (secondary N) is 1. The number of carbonyl (C=O) groups is 2. The van der Waals surface area contributed by atoms with E-state index in [9.17, 15) is 18.0 Å². The first-order chi connectivity index (χ1) is 22.3. The first kappa shape index (κ1) is 36.0. The third kappa shape index (κ3) is 8.95. The highest BCUT2D eigenvalue weighted by Crippen LogP contribution is 2.30. The number of carbonyl (C=O) groups excluding carboxylic acids is 2. The molecule has 0 fully saturated rings. The van der Waals surface area contributed by atoms with Gasteiger partial charge in [0.25, 0.3) is 10.0 Å². The first-order valence-corrected chi connectivity index (χ1v) is 17.7. The lowest BCUT2D eigenvalue weighted by atomic mass is 10.0. The van der Waals surface area contributed by atoms with E-state index < -0.39 is 28.5 Å². The maximum Gasteiger partial charge on any atom is 0.264 e. The van der Waals surface area contributed by atoms with E-state index >= 15 is 0 Å². The minimum atomic E-state index is -4.20. The quantitative estimate of drug-likeness (QED) is 0.156. The fourth-order valence-electron chi connectivity index (χ4n) is 5.19. The Labute approximate surface area is 288 Å². The molecule has 0 saturated carbocycles. The Bertz CT molecular complexity index is 1820. The summed E-state index contributed by atoms with van der Waals surface area (Å²) in [6.07, 6.45) is 0.907. The molecule has 0 aliphatic carbocycles. The van der Waals surface area contributed by atoms with Crippen molar-refractivity contribution in [1.82, 2.24) is 10.2 Å². The van der Waals surface area contributed by atoms with Gasteiger partial charge in [-0.2, -0.15) is 0 Å². The summed E-state index contributed by atoms with van der Waals surface area (Å²) in [6, 6.07) is 25.2. The SMILES string of the molecule is CC[C@H](C)NC(=O)[C@H](Cc1ccccc1)N(Cc1ccc(Cl)c(Cl)c1)C(=O)CN(c1cccc(C)c1C)S(=O)(=O)c1ccc(C)cc1. The van der Waals surface area contributed by atoms with Crippen molar-refractivity contribution < 1.29 is 18.0 Å². The van der Waals surface area contributed by atoms with Crippen LogP contribution in [0.1, 0.15) is 48.1 Å². The van der Waals surface area contributed by atoms with Crippen LogP contribution < -0.4 is 9.62 Å². The lowest BCUT2D eigenvalue weighted by Crippen LogP contribution is -2.54. The molecule has 0 bridgehead atoms. The lowest BCUT2D eigenvalue weighted by molar-refractivity contribution is -0.140. The molecule has 0 heterocycles. The van der Waals surface area contributed by atoms with Crippen LogP contribution in [0.5, 0.6) is 0 Å². The predicted molar refractivity (Wildman–Crippen MR) is 190 cm³/mol. The molecule has 47 heavy (non-hydrogen) atoms. The highest BCUT2D eigenvalue weighted by molar-refractivity contribution is 7.92. The number of benzene rings is 4. The van der Waals surface area contributed by atoms with Gasteiger partial charge in [-0.1, -0.05) is 96.4 Å². The lowest BCUT2D eigenvalue weighted by Gasteiger charge is -2.34. The Morgan fingerprint density at radius 1 is 0.830 bits per heavy atom. The van der Waals surface area contributed by atoms with Crippen molar-refractivity contribution >= 4 is 50.7 Å². The van der Waals surface area contributed by atoms with Crippen LogP contribution >= 0.6 is 23.2 Å². The molecule has 4 rings (SSSR count). The Balaban J connectivity index is 1.85. The number of amides is 2. The van der Waals surface area contributed by atoms with Crippen LogP contribution in [-0.2, 0) is 32.6 Å². The van der Waals surface area contributed by atoms with Crippen molar-refractivity contribution in [3.05, 3.63) is 129 Å². The van der Waals surface area contributed by atoms with Crippen molar-refractivity contribution in [3.8, 4) is 0 Å². The van der Waals surface area contributed by atoms with Crippen LogP contribution in [0.25, 0.3) is 0 Å². The van der Waals surface area contributed by atoms with Crippen molar-refractivity contribution in [3.63, 3.8) is 0 Å². The number of rotatable bonds is 13. The van der Waals surface area contributed by atoms with Gasteiger partial charge in [-0.3, -0.25) is 13.9 Å². The van der Waals surface area contributed by atoms with E-state index in [0.29, 0.717) is 27.7 Å². The van der Waals surface area contributed by atoms with Crippen LogP contribution in [0.2, 0.25) is 10.0 Å². The largest absolute Gasteiger partial charge is 0.352 e. The van der Waals surface area contributed by atoms with Crippen LogP contribution in [0.4, 0.5) is 5.69 Å². The zero-order chi connectivity index (χ0) is 34.3. The molecule has 2 amide bonds. The molecule has 0 unspecified atom stereocenters. The second-order valence-corrected chi connectivity index (χ2v) is 14.5. The average Bonchev–Trinajstić information content (AvgIpc) is 3.05. The first-order valence-electron chi connectivity index (χ1n) is 15.5. The van der Waals surface area contributed by atoms with Crippen LogP contribution in [0.3, 0.4) is 0 Å². The van der Waals surface area contributed by atoms with E-state index in [1.165, 1.54) is 4.90 Å². The molecule has 0 aliphatic heterocycles. The number of sulfonamides is 1. The number of anilines is 1. The number of hydrogen-bond acceptors (Lipinski definition) is 4. The van der Waals surface area contributed by atoms with Gasteiger partial charge in [0.05, 0.1) is 20.6 Å². The Hall–Kier alpha value is -3.85. The summed E-state index contributed by atoms with van der Waals surface area (Å²) in [5, 5.41) is 3.70. The van der Waals surface area contributed by atoms with Crippen LogP contribution in [0, 0.1) is 20.8 Å². The Kier molecular flexibility index (Phi) is 12.1. The Morgan fingerprint density at radius 2 is 1.51 bits per heavy atom. The van der Waals surface area contributed by atoms with Crippen molar-refractivity contribution in [2.24, 2.45) is 0 Å². The molecule has 10 heteroatoms. The molecular weight excluding hydrogens is 653 g/mol. The summed E-state index contributed by atoms with van der Waals surface area (Å²) in [5.74, 6) is -0.885. The number of nitrogens with zero attached hydrogens (tertiary/aromatic N) is 2. The summed E-state index contributed by atoms with van der Waals surface area (Å²) < 4.78 is 29.8. The molecular formula is C37H41Cl2N3O4S. The van der Waals surface area contributed by atoms with Gasteiger partial charge in [0, 0.05) is 19.0 Å². The van der Waals surface area contributed by atoms with Gasteiger partial charge >= 0.3 is 0 Å². The van der Waals surface area contributed by atoms with Gasteiger partial charge < -0.3 is 10.2 Å². The second-order valence-electron chi connectivity index (χ2n) is 11.8. The van der Waals surface area contributed by atoms with Crippen LogP contribution in [-0.4, -0.2) is 43.8 Å². The number of aryl methyl sites for hydroxylation is 2. The molecule has 248 valence electrons. The molecule has 0 aliphatic rings. The van der Waals surface area contributed by atoms with E-state index in [4.69, 9.17) is 23.2 Å². The average molecular weight is 695 g/mol. The van der Waals surface area contributed by atoms with E-state index in [0.717, 1.165) is 26.6 Å². The molecule has 7 nitrogen and oxygen atoms in total. The summed E-state index contributed by atoms with van der Waals surface area (Å²) in [6.45, 7) is 8.92. The summed E-state index contributed by atoms with van der Waals surface area (Å²) in [7, 11) is -4.20. The molecule has 0 radical (unpaired) electrons. The van der Waals surface area contributed by atoms with Crippen molar-refractivity contribution in [1.29, 1.82) is 0 Å². The van der Waals surface area contributed by atoms with Gasteiger partial charge in [-0.05, 0) is 86.7 Å². The molecule has 1 N–H and O–H groups in total. The molecule has 0 spiro atoms. The van der Waals surface area contributed by atoms with Crippen LogP contribution in [0.15, 0.2) is 95.9 Å². The number of halogens is 2. The molecule has 4 aromatic rings. The minimum Gasteiger partial charge on any atom is -0.352 e. The standard InChI is InChI=1S/C37H41Cl2N3O4S/c1-6-27(4)40-37(44)35(22-29-12-8-7-9-13-29)41(23-30-17-20-32(38)33(39)21-30)36(43)24-42(34-14-10-11-26(3)28(34)5)47(45,46)31-18-15-25(2)16-19-31/h7-21,27,35H,6,22-24H2,1-5H3,(H,40,44)/t27-,35-/m0/s1. The summed E-state index contributed by atoms with van der Waals surface area (Å²) in [5.41, 5.74) is 4.38. The molecule has 0 aromatic heterocycles. The van der Waals surface area contributed by atoms with Crippen molar-refractivity contribution in [2.45, 2.75) is 71.0 Å². The highest BCUT2D eigenvalue weighted by atomic mass is 35.5. The van der Waals surface area contributed by atoms with Gasteiger partial charge in [-0.15, -0.1) is 0 Å². The second kappa shape index (κ2) is 15.8. The van der Waals surface area contributed by atoms with Gasteiger partial charge in [0.2, 0.25) is 11.8 Å². The fraction of sp³-hybridized carbons (Fsp3) is 0.297. The van der Waals surface area contributed by atoms with Gasteiger partial charge in [0.1, 0.15) is 12.6 Å². The molecule has 2 atom stereocenters. The summed E-state index contributed by atoms with van der Waals surface area (Å²) in [4.78, 5) is 30.2. The zero-order valence-electron chi connectivity index (χ0n) is 27.3. The monoisotopic (exact) mass is 693 g/mol. The third-order valence-corrected chi connectivity index (χ3v) is 10.9. The fourth-order valence-corrected chi connectivity index (χ4v) is 6.98. The summed E-state index contributed by atoms with van der Waals surface area (Å²) >= 11 is 12.6. The smallest absolute Gasteiger partial charge is 0.264 e. The van der Waals surface area contributed by atoms with Crippen molar-refractivity contribution in [2.75, 3.05) is 10.8 Å². The predicted octanol–water partition coefficient (Wildman–Crippen LogP) is 7.67. The third-order valence-electron chi connectivity index (χ3n) is 8.34. The topological polar surface area (TPSA) is 86.8 Å². The molecule has 4 aromatic carbocycles. The minimum absolute atomic E-state index is 0.00757. The Morgan fingerprint density at radius 3 is 2.15 bits per heavy atom. The number of hydrogen-bond donors (Lipinski definition) is 1. The molecule has 0 saturated heterocycles. The maximum atomic E-state index is 14.7. The van der Waals surface area contributed by atoms with Gasteiger partial charge in [-0.25, -0.2) is 8.42 Å². The van der Waals surface area contributed by atoms with E-state index in [2.05, 4.69) is 5.32 Å². The normalized spacial score (nSPS) is 12.7.